The molecule has 0 amide bonds. The Labute approximate surface area is 111 Å². The van der Waals surface area contributed by atoms with E-state index in [9.17, 15) is 0 Å². The van der Waals surface area contributed by atoms with Crippen molar-refractivity contribution in [1.82, 2.24) is 9.80 Å². The molecule has 0 bridgehead atoms. The van der Waals surface area contributed by atoms with Crippen LogP contribution in [0, 0.1) is 0 Å². The summed E-state index contributed by atoms with van der Waals surface area (Å²) in [6, 6.07) is 8.93. The van der Waals surface area contributed by atoms with E-state index in [1.54, 1.807) is 0 Å². The Balaban J connectivity index is 1.86. The van der Waals surface area contributed by atoms with Gasteiger partial charge in [-0.25, -0.2) is 0 Å². The molecule has 2 rings (SSSR count). The Morgan fingerprint density at radius 3 is 2.78 bits per heavy atom. The highest BCUT2D eigenvalue weighted by Crippen LogP contribution is 2.14. The topological polar surface area (TPSA) is 32.5 Å². The van der Waals surface area contributed by atoms with Gasteiger partial charge in [-0.1, -0.05) is 25.1 Å². The molecular weight excluding hydrogens is 222 g/mol. The van der Waals surface area contributed by atoms with Gasteiger partial charge in [-0.2, -0.15) is 0 Å². The Kier molecular flexibility index (Phi) is 4.61. The Bertz CT molecular complexity index is 378. The van der Waals surface area contributed by atoms with Crippen molar-refractivity contribution in [1.29, 1.82) is 0 Å². The minimum atomic E-state index is 0.715. The van der Waals surface area contributed by atoms with Crippen LogP contribution < -0.4 is 5.73 Å². The number of likely N-dealkylation sites (N-methyl/N-ethyl adjacent to an activating group) is 1. The van der Waals surface area contributed by atoms with Gasteiger partial charge in [0.05, 0.1) is 0 Å². The minimum absolute atomic E-state index is 0.715. The van der Waals surface area contributed by atoms with Crippen LogP contribution in [-0.2, 0) is 6.42 Å². The highest BCUT2D eigenvalue weighted by molar-refractivity contribution is 5.46. The lowest BCUT2D eigenvalue weighted by Gasteiger charge is -2.39. The summed E-state index contributed by atoms with van der Waals surface area (Å²) >= 11 is 0. The number of hydrogen-bond acceptors (Lipinski definition) is 3. The molecule has 0 aliphatic carbocycles. The van der Waals surface area contributed by atoms with Crippen LogP contribution in [0.5, 0.6) is 0 Å². The van der Waals surface area contributed by atoms with E-state index < -0.39 is 0 Å². The van der Waals surface area contributed by atoms with Crippen LogP contribution in [0.2, 0.25) is 0 Å². The number of hydrogen-bond donors (Lipinski definition) is 1. The molecule has 0 spiro atoms. The van der Waals surface area contributed by atoms with E-state index in [-0.39, 0.29) is 0 Å². The minimum Gasteiger partial charge on any atom is -0.399 e. The second-order valence-electron chi connectivity index (χ2n) is 5.29. The maximum Gasteiger partial charge on any atom is 0.0347 e. The largest absolute Gasteiger partial charge is 0.399 e. The summed E-state index contributed by atoms with van der Waals surface area (Å²) in [5.41, 5.74) is 8.20. The number of rotatable bonds is 4. The molecule has 0 saturated carbocycles. The van der Waals surface area contributed by atoms with Crippen LogP contribution in [0.1, 0.15) is 18.9 Å². The van der Waals surface area contributed by atoms with Crippen molar-refractivity contribution in [3.05, 3.63) is 29.8 Å². The molecule has 2 N–H and O–H groups in total. The predicted octanol–water partition coefficient (Wildman–Crippen LogP) is 1.84. The van der Waals surface area contributed by atoms with Gasteiger partial charge in [-0.05, 0) is 31.5 Å². The number of benzene rings is 1. The molecule has 1 unspecified atom stereocenters. The lowest BCUT2D eigenvalue weighted by atomic mass is 10.1. The molecule has 1 aliphatic heterocycles. The molecule has 100 valence electrons. The second-order valence-corrected chi connectivity index (χ2v) is 5.29. The molecule has 3 heteroatoms. The molecule has 0 radical (unpaired) electrons. The number of nitrogen functional groups attached to an aromatic ring is 1. The SMILES string of the molecule is CCC1CN(CCc2ccccc2N)CCN1C. The van der Waals surface area contributed by atoms with E-state index in [0.29, 0.717) is 6.04 Å². The number of para-hydroxylation sites is 1. The number of piperazine rings is 1. The van der Waals surface area contributed by atoms with Gasteiger partial charge in [-0.3, -0.25) is 0 Å². The number of anilines is 1. The van der Waals surface area contributed by atoms with Crippen LogP contribution in [-0.4, -0.2) is 49.1 Å². The molecule has 1 saturated heterocycles. The third-order valence-electron chi connectivity index (χ3n) is 4.08. The van der Waals surface area contributed by atoms with Crippen LogP contribution in [0.4, 0.5) is 5.69 Å². The van der Waals surface area contributed by atoms with Crippen LogP contribution in [0.15, 0.2) is 24.3 Å². The molecule has 3 nitrogen and oxygen atoms in total. The number of nitrogens with zero attached hydrogens (tertiary/aromatic N) is 2. The van der Waals surface area contributed by atoms with Crippen molar-refractivity contribution in [3.63, 3.8) is 0 Å². The summed E-state index contributed by atoms with van der Waals surface area (Å²) in [6.07, 6.45) is 2.30. The monoisotopic (exact) mass is 247 g/mol. The van der Waals surface area contributed by atoms with Crippen molar-refractivity contribution in [2.45, 2.75) is 25.8 Å². The van der Waals surface area contributed by atoms with Gasteiger partial charge in [0.15, 0.2) is 0 Å². The summed E-state index contributed by atoms with van der Waals surface area (Å²) in [4.78, 5) is 5.05. The second kappa shape index (κ2) is 6.21. The van der Waals surface area contributed by atoms with E-state index in [1.807, 2.05) is 12.1 Å². The van der Waals surface area contributed by atoms with Gasteiger partial charge < -0.3 is 15.5 Å². The van der Waals surface area contributed by atoms with Gasteiger partial charge in [0.1, 0.15) is 0 Å². The zero-order chi connectivity index (χ0) is 13.0. The summed E-state index contributed by atoms with van der Waals surface area (Å²) in [5.74, 6) is 0. The molecule has 1 aliphatic rings. The molecule has 1 heterocycles. The molecule has 1 atom stereocenters. The fourth-order valence-corrected chi connectivity index (χ4v) is 2.69. The third-order valence-corrected chi connectivity index (χ3v) is 4.08. The van der Waals surface area contributed by atoms with Crippen LogP contribution in [0.25, 0.3) is 0 Å². The third kappa shape index (κ3) is 3.24. The lowest BCUT2D eigenvalue weighted by Crippen LogP contribution is -2.51. The normalized spacial score (nSPS) is 22.2. The summed E-state index contributed by atoms with van der Waals surface area (Å²) in [6.45, 7) is 6.96. The fraction of sp³-hybridized carbons (Fsp3) is 0.600. The Morgan fingerprint density at radius 1 is 1.28 bits per heavy atom. The highest BCUT2D eigenvalue weighted by atomic mass is 15.3. The van der Waals surface area contributed by atoms with E-state index >= 15 is 0 Å². The van der Waals surface area contributed by atoms with Gasteiger partial charge in [0.2, 0.25) is 0 Å². The maximum atomic E-state index is 5.98. The van der Waals surface area contributed by atoms with Gasteiger partial charge in [0.25, 0.3) is 0 Å². The summed E-state index contributed by atoms with van der Waals surface area (Å²) < 4.78 is 0. The summed E-state index contributed by atoms with van der Waals surface area (Å²) in [5, 5.41) is 0. The highest BCUT2D eigenvalue weighted by Gasteiger charge is 2.22. The zero-order valence-electron chi connectivity index (χ0n) is 11.6. The molecule has 1 fully saturated rings. The van der Waals surface area contributed by atoms with Crippen LogP contribution in [0.3, 0.4) is 0 Å². The van der Waals surface area contributed by atoms with E-state index in [2.05, 4.69) is 35.9 Å². The van der Waals surface area contributed by atoms with Crippen molar-refractivity contribution in [2.75, 3.05) is 39.0 Å². The summed E-state index contributed by atoms with van der Waals surface area (Å²) in [7, 11) is 2.24. The van der Waals surface area contributed by atoms with Crippen molar-refractivity contribution < 1.29 is 0 Å². The smallest absolute Gasteiger partial charge is 0.0347 e. The van der Waals surface area contributed by atoms with Crippen molar-refractivity contribution in [2.24, 2.45) is 0 Å². The quantitative estimate of drug-likeness (QED) is 0.824. The van der Waals surface area contributed by atoms with E-state index in [4.69, 9.17) is 5.73 Å². The van der Waals surface area contributed by atoms with E-state index in [1.165, 1.54) is 31.6 Å². The first-order valence-electron chi connectivity index (χ1n) is 6.96. The van der Waals surface area contributed by atoms with Gasteiger partial charge in [0, 0.05) is 37.9 Å². The first kappa shape index (κ1) is 13.4. The van der Waals surface area contributed by atoms with E-state index in [0.717, 1.165) is 18.7 Å². The molecule has 0 aromatic heterocycles. The maximum absolute atomic E-state index is 5.98. The molecule has 1 aromatic carbocycles. The first-order valence-corrected chi connectivity index (χ1v) is 6.96. The average Bonchev–Trinajstić information content (AvgIpc) is 2.39. The standard InChI is InChI=1S/C15H25N3/c1-3-14-12-18(11-10-17(14)2)9-8-13-6-4-5-7-15(13)16/h4-7,14H,3,8-12,16H2,1-2H3. The molecule has 1 aromatic rings. The van der Waals surface area contributed by atoms with Gasteiger partial charge >= 0.3 is 0 Å². The van der Waals surface area contributed by atoms with Crippen molar-refractivity contribution >= 4 is 5.69 Å². The Hall–Kier alpha value is -1.06. The molecular formula is C15H25N3. The average molecular weight is 247 g/mol. The fourth-order valence-electron chi connectivity index (χ4n) is 2.69. The first-order chi connectivity index (χ1) is 8.70. The number of nitrogens with two attached hydrogens (primary N) is 1. The molecule has 18 heavy (non-hydrogen) atoms. The Morgan fingerprint density at radius 2 is 2.06 bits per heavy atom. The van der Waals surface area contributed by atoms with Crippen LogP contribution >= 0.6 is 0 Å². The zero-order valence-corrected chi connectivity index (χ0v) is 11.6. The predicted molar refractivity (Wildman–Crippen MR) is 77.7 cm³/mol. The lowest BCUT2D eigenvalue weighted by molar-refractivity contribution is 0.0942. The van der Waals surface area contributed by atoms with Crippen molar-refractivity contribution in [3.8, 4) is 0 Å². The van der Waals surface area contributed by atoms with Gasteiger partial charge in [-0.15, -0.1) is 0 Å².